The van der Waals surface area contributed by atoms with Crippen LogP contribution in [0.2, 0.25) is 5.02 Å². The number of nitrogens with zero attached hydrogens (tertiary/aromatic N) is 4. The van der Waals surface area contributed by atoms with Gasteiger partial charge in [0.2, 0.25) is 0 Å². The quantitative estimate of drug-likeness (QED) is 0.173. The molecule has 37 heavy (non-hydrogen) atoms. The van der Waals surface area contributed by atoms with E-state index in [1.165, 1.54) is 12.0 Å². The Hall–Kier alpha value is -4.02. The van der Waals surface area contributed by atoms with Crippen molar-refractivity contribution in [2.75, 3.05) is 12.0 Å². The Labute approximate surface area is 220 Å². The maximum atomic E-state index is 13.4. The van der Waals surface area contributed by atoms with Crippen LogP contribution in [0.4, 0.5) is 5.13 Å². The topological polar surface area (TPSA) is 114 Å². The highest BCUT2D eigenvalue weighted by Crippen LogP contribution is 2.44. The highest BCUT2D eigenvalue weighted by Gasteiger charge is 2.49. The number of Topliss-reactive ketones (excluding diaryl/α,β-unsaturated/α-hetero) is 1. The third kappa shape index (κ3) is 3.89. The largest absolute Gasteiger partial charge is 0.505 e. The number of methoxy groups -OCH3 is 1. The van der Waals surface area contributed by atoms with Gasteiger partial charge in [-0.3, -0.25) is 14.5 Å². The number of imidazole rings is 1. The Kier molecular flexibility index (Phi) is 6.09. The van der Waals surface area contributed by atoms with Crippen molar-refractivity contribution in [3.63, 3.8) is 0 Å². The molecule has 188 valence electrons. The highest BCUT2D eigenvalue weighted by atomic mass is 35.5. The Bertz CT molecular complexity index is 1640. The molecule has 0 saturated carbocycles. The van der Waals surface area contributed by atoms with E-state index in [1.54, 1.807) is 38.1 Å². The van der Waals surface area contributed by atoms with E-state index in [4.69, 9.17) is 16.3 Å². The second-order valence-electron chi connectivity index (χ2n) is 8.55. The summed E-state index contributed by atoms with van der Waals surface area (Å²) in [6.07, 6.45) is 1.81. The predicted octanol–water partition coefficient (Wildman–Crippen LogP) is 4.78. The molecule has 1 N–H and O–H groups in total. The first kappa shape index (κ1) is 24.7. The average Bonchev–Trinajstić information content (AvgIpc) is 3.51. The van der Waals surface area contributed by atoms with Gasteiger partial charge in [0.1, 0.15) is 16.2 Å². The maximum absolute atomic E-state index is 13.4. The average molecular weight is 537 g/mol. The summed E-state index contributed by atoms with van der Waals surface area (Å²) in [5.41, 5.74) is 3.05. The van der Waals surface area contributed by atoms with Crippen LogP contribution in [0.1, 0.15) is 43.9 Å². The summed E-state index contributed by atoms with van der Waals surface area (Å²) in [4.78, 5) is 49.4. The number of ketones is 1. The number of anilines is 1. The van der Waals surface area contributed by atoms with Crippen LogP contribution in [-0.4, -0.2) is 44.2 Å². The Morgan fingerprint density at radius 3 is 2.46 bits per heavy atom. The van der Waals surface area contributed by atoms with Crippen molar-refractivity contribution < 1.29 is 24.2 Å². The van der Waals surface area contributed by atoms with Crippen LogP contribution >= 0.6 is 22.9 Å². The molecule has 1 aromatic carbocycles. The zero-order valence-corrected chi connectivity index (χ0v) is 21.8. The van der Waals surface area contributed by atoms with Gasteiger partial charge in [-0.05, 0) is 50.1 Å². The number of rotatable bonds is 4. The molecular formula is C26H21ClN4O5S. The number of aliphatic hydroxyl groups is 1. The molecule has 0 radical (unpaired) electrons. The fourth-order valence-corrected chi connectivity index (χ4v) is 5.57. The molecule has 4 aromatic rings. The molecule has 0 spiro atoms. The van der Waals surface area contributed by atoms with Crippen LogP contribution in [0.15, 0.2) is 48.2 Å². The number of aromatic nitrogens is 3. The summed E-state index contributed by atoms with van der Waals surface area (Å²) in [6, 6.07) is 9.31. The summed E-state index contributed by atoms with van der Waals surface area (Å²) in [7, 11) is 1.25. The first-order valence-corrected chi connectivity index (χ1v) is 12.4. The molecular weight excluding hydrogens is 516 g/mol. The number of benzene rings is 1. The molecule has 11 heteroatoms. The van der Waals surface area contributed by atoms with Crippen molar-refractivity contribution in [3.8, 4) is 0 Å². The number of aryl methyl sites for hydroxylation is 3. The van der Waals surface area contributed by atoms with E-state index in [1.807, 2.05) is 29.7 Å². The maximum Gasteiger partial charge on any atom is 0.350 e. The second-order valence-corrected chi connectivity index (χ2v) is 9.97. The van der Waals surface area contributed by atoms with Gasteiger partial charge in [-0.15, -0.1) is 0 Å². The standard InChI is InChI=1S/C26H21ClN4O5S/c1-12-6-5-11-30-14(3)18(29-23(12)30)20(32)17-19(15-7-9-16(27)10-8-15)31(24(34)21(17)33)26-28-13(2)22(37-26)25(35)36-4/h5-11,19,32H,1-4H3/b20-17+. The number of pyridine rings is 1. The van der Waals surface area contributed by atoms with E-state index in [9.17, 15) is 19.5 Å². The van der Waals surface area contributed by atoms with Gasteiger partial charge in [-0.25, -0.2) is 14.8 Å². The smallest absolute Gasteiger partial charge is 0.350 e. The molecule has 5 rings (SSSR count). The van der Waals surface area contributed by atoms with E-state index in [0.717, 1.165) is 16.9 Å². The minimum absolute atomic E-state index is 0.126. The lowest BCUT2D eigenvalue weighted by Gasteiger charge is -2.22. The summed E-state index contributed by atoms with van der Waals surface area (Å²) in [6.45, 7) is 5.28. The summed E-state index contributed by atoms with van der Waals surface area (Å²) in [5, 5.41) is 12.1. The molecule has 1 atom stereocenters. The molecule has 4 heterocycles. The van der Waals surface area contributed by atoms with E-state index >= 15 is 0 Å². The number of ether oxygens (including phenoxy) is 1. The van der Waals surface area contributed by atoms with Gasteiger partial charge in [0.05, 0.1) is 30.1 Å². The van der Waals surface area contributed by atoms with Crippen LogP contribution < -0.4 is 4.90 Å². The van der Waals surface area contributed by atoms with E-state index in [-0.39, 0.29) is 21.3 Å². The fraction of sp³-hybridized carbons (Fsp3) is 0.192. The highest BCUT2D eigenvalue weighted by molar-refractivity contribution is 7.17. The normalized spacial score (nSPS) is 17.1. The molecule has 1 fully saturated rings. The summed E-state index contributed by atoms with van der Waals surface area (Å²) >= 11 is 7.03. The molecule has 9 nitrogen and oxygen atoms in total. The van der Waals surface area contributed by atoms with Crippen LogP contribution in [0, 0.1) is 20.8 Å². The van der Waals surface area contributed by atoms with E-state index in [0.29, 0.717) is 27.6 Å². The lowest BCUT2D eigenvalue weighted by molar-refractivity contribution is -0.132. The number of thiazole rings is 1. The molecule has 3 aromatic heterocycles. The van der Waals surface area contributed by atoms with Crippen molar-refractivity contribution in [2.45, 2.75) is 26.8 Å². The van der Waals surface area contributed by atoms with Crippen molar-refractivity contribution in [1.29, 1.82) is 0 Å². The van der Waals surface area contributed by atoms with Crippen LogP contribution in [0.5, 0.6) is 0 Å². The molecule has 1 saturated heterocycles. The van der Waals surface area contributed by atoms with Crippen molar-refractivity contribution >= 4 is 57.1 Å². The summed E-state index contributed by atoms with van der Waals surface area (Å²) in [5.74, 6) is -2.78. The molecule has 0 aliphatic carbocycles. The fourth-order valence-electron chi connectivity index (χ4n) is 4.43. The minimum atomic E-state index is -1.03. The predicted molar refractivity (Wildman–Crippen MR) is 139 cm³/mol. The SMILES string of the molecule is COC(=O)c1sc(N2C(=O)C(=O)/C(=C(/O)c3nc4c(C)cccn4c3C)C2c2ccc(Cl)cc2)nc1C. The number of hydrogen-bond acceptors (Lipinski definition) is 8. The lowest BCUT2D eigenvalue weighted by Crippen LogP contribution is -2.29. The van der Waals surface area contributed by atoms with Gasteiger partial charge in [-0.2, -0.15) is 0 Å². The lowest BCUT2D eigenvalue weighted by atomic mass is 9.96. The van der Waals surface area contributed by atoms with Gasteiger partial charge < -0.3 is 14.2 Å². The number of aliphatic hydroxyl groups excluding tert-OH is 1. The van der Waals surface area contributed by atoms with Gasteiger partial charge >= 0.3 is 11.9 Å². The number of hydrogen-bond donors (Lipinski definition) is 1. The minimum Gasteiger partial charge on any atom is -0.505 e. The number of fused-ring (bicyclic) bond motifs is 1. The Morgan fingerprint density at radius 1 is 1.11 bits per heavy atom. The first-order chi connectivity index (χ1) is 17.6. The first-order valence-electron chi connectivity index (χ1n) is 11.2. The van der Waals surface area contributed by atoms with E-state index in [2.05, 4.69) is 9.97 Å². The zero-order chi connectivity index (χ0) is 26.6. The van der Waals surface area contributed by atoms with Crippen molar-refractivity contribution in [3.05, 3.63) is 86.3 Å². The second kappa shape index (κ2) is 9.13. The number of amides is 1. The van der Waals surface area contributed by atoms with Gasteiger partial charge in [0.15, 0.2) is 10.9 Å². The number of carbonyl (C=O) groups excluding carboxylic acids is 3. The van der Waals surface area contributed by atoms with Crippen LogP contribution in [0.3, 0.4) is 0 Å². The molecule has 0 bridgehead atoms. The zero-order valence-electron chi connectivity index (χ0n) is 20.3. The summed E-state index contributed by atoms with van der Waals surface area (Å²) < 4.78 is 6.63. The number of halogens is 1. The van der Waals surface area contributed by atoms with Gasteiger partial charge in [0.25, 0.3) is 5.78 Å². The van der Waals surface area contributed by atoms with Crippen LogP contribution in [-0.2, 0) is 14.3 Å². The Balaban J connectivity index is 1.75. The molecule has 1 amide bonds. The van der Waals surface area contributed by atoms with Crippen molar-refractivity contribution in [1.82, 2.24) is 14.4 Å². The third-order valence-corrected chi connectivity index (χ3v) is 7.69. The van der Waals surface area contributed by atoms with Crippen molar-refractivity contribution in [2.24, 2.45) is 0 Å². The molecule has 1 unspecified atom stereocenters. The monoisotopic (exact) mass is 536 g/mol. The van der Waals surface area contributed by atoms with Gasteiger partial charge in [0, 0.05) is 11.2 Å². The van der Waals surface area contributed by atoms with Crippen LogP contribution in [0.25, 0.3) is 11.4 Å². The molecule has 1 aliphatic rings. The Morgan fingerprint density at radius 2 is 1.81 bits per heavy atom. The molecule has 1 aliphatic heterocycles. The number of carbonyl (C=O) groups is 3. The third-order valence-electron chi connectivity index (χ3n) is 6.30. The van der Waals surface area contributed by atoms with E-state index < -0.39 is 29.5 Å². The number of esters is 1. The van der Waals surface area contributed by atoms with Gasteiger partial charge in [-0.1, -0.05) is 41.1 Å².